The van der Waals surface area contributed by atoms with E-state index in [4.69, 9.17) is 10.00 Å². The van der Waals surface area contributed by atoms with Crippen LogP contribution in [0.2, 0.25) is 0 Å². The molecule has 7 nitrogen and oxygen atoms in total. The second-order valence-corrected chi connectivity index (χ2v) is 5.04. The van der Waals surface area contributed by atoms with Gasteiger partial charge < -0.3 is 19.9 Å². The second kappa shape index (κ2) is 9.91. The number of hydrogen-bond acceptors (Lipinski definition) is 6. The number of amides is 1. The quantitative estimate of drug-likeness (QED) is 0.443. The van der Waals surface area contributed by atoms with Gasteiger partial charge in [0.05, 0.1) is 18.8 Å². The van der Waals surface area contributed by atoms with Gasteiger partial charge in [-0.3, -0.25) is 4.79 Å². The van der Waals surface area contributed by atoms with Crippen LogP contribution in [0.25, 0.3) is 0 Å². The van der Waals surface area contributed by atoms with E-state index in [2.05, 4.69) is 16.6 Å². The van der Waals surface area contributed by atoms with Gasteiger partial charge >= 0.3 is 5.97 Å². The summed E-state index contributed by atoms with van der Waals surface area (Å²) in [5, 5.41) is 20.4. The van der Waals surface area contributed by atoms with Crippen LogP contribution in [0.15, 0.2) is 12.7 Å². The van der Waals surface area contributed by atoms with Crippen LogP contribution in [0.3, 0.4) is 0 Å². The maximum absolute atomic E-state index is 11.7. The molecule has 0 saturated heterocycles. The molecule has 0 aromatic heterocycles. The molecule has 7 heteroatoms. The number of esters is 1. The van der Waals surface area contributed by atoms with Gasteiger partial charge in [-0.2, -0.15) is 5.26 Å². The molecule has 0 rings (SSSR count). The third-order valence-corrected chi connectivity index (χ3v) is 2.21. The number of nitriles is 1. The maximum atomic E-state index is 11.7. The van der Waals surface area contributed by atoms with E-state index >= 15 is 0 Å². The van der Waals surface area contributed by atoms with Crippen molar-refractivity contribution in [3.05, 3.63) is 12.7 Å². The number of rotatable bonds is 10. The van der Waals surface area contributed by atoms with Crippen LogP contribution >= 0.6 is 0 Å². The minimum atomic E-state index is -1.05. The second-order valence-electron chi connectivity index (χ2n) is 5.04. The predicted octanol–water partition coefficient (Wildman–Crippen LogP) is 0.292. The first-order chi connectivity index (χ1) is 9.80. The van der Waals surface area contributed by atoms with Crippen molar-refractivity contribution in [3.63, 3.8) is 0 Å². The van der Waals surface area contributed by atoms with Gasteiger partial charge in [0.15, 0.2) is 12.6 Å². The Morgan fingerprint density at radius 1 is 1.52 bits per heavy atom. The number of allylic oxidation sites excluding steroid dienone is 1. The van der Waals surface area contributed by atoms with Gasteiger partial charge in [0.25, 0.3) is 0 Å². The summed E-state index contributed by atoms with van der Waals surface area (Å²) >= 11 is 0. The molecule has 0 saturated carbocycles. The molecule has 0 aliphatic carbocycles. The highest BCUT2D eigenvalue weighted by Gasteiger charge is 2.23. The Kier molecular flexibility index (Phi) is 9.01. The number of aliphatic hydroxyl groups is 1. The van der Waals surface area contributed by atoms with Crippen LogP contribution < -0.4 is 5.32 Å². The van der Waals surface area contributed by atoms with Gasteiger partial charge in [-0.1, -0.05) is 6.08 Å². The predicted molar refractivity (Wildman–Crippen MR) is 75.1 cm³/mol. The van der Waals surface area contributed by atoms with Crippen molar-refractivity contribution in [3.8, 4) is 6.07 Å². The van der Waals surface area contributed by atoms with Crippen molar-refractivity contribution in [1.82, 2.24) is 5.32 Å². The molecule has 1 amide bonds. The van der Waals surface area contributed by atoms with Crippen LogP contribution in [0.4, 0.5) is 0 Å². The maximum Gasteiger partial charge on any atom is 0.332 e. The van der Waals surface area contributed by atoms with Crippen molar-refractivity contribution < 1.29 is 24.2 Å². The van der Waals surface area contributed by atoms with Crippen molar-refractivity contribution in [2.75, 3.05) is 19.8 Å². The zero-order chi connectivity index (χ0) is 16.3. The van der Waals surface area contributed by atoms with Crippen molar-refractivity contribution >= 4 is 11.9 Å². The fourth-order valence-corrected chi connectivity index (χ4v) is 1.30. The van der Waals surface area contributed by atoms with Gasteiger partial charge in [-0.05, 0) is 20.3 Å². The molecule has 0 aromatic carbocycles. The monoisotopic (exact) mass is 298 g/mol. The lowest BCUT2D eigenvalue weighted by molar-refractivity contribution is -0.149. The molecule has 1 unspecified atom stereocenters. The zero-order valence-corrected chi connectivity index (χ0v) is 12.4. The summed E-state index contributed by atoms with van der Waals surface area (Å²) in [6.45, 7) is 6.07. The molecule has 0 heterocycles. The van der Waals surface area contributed by atoms with Crippen LogP contribution in [-0.2, 0) is 19.1 Å². The largest absolute Gasteiger partial charge is 0.449 e. The molecule has 0 aliphatic rings. The summed E-state index contributed by atoms with van der Waals surface area (Å²) in [6, 6.07) is 0.656. The van der Waals surface area contributed by atoms with Gasteiger partial charge in [-0.25, -0.2) is 4.79 Å². The third-order valence-electron chi connectivity index (χ3n) is 2.21. The number of nitrogens with one attached hydrogen (secondary N) is 1. The van der Waals surface area contributed by atoms with E-state index in [1.807, 2.05) is 0 Å². The van der Waals surface area contributed by atoms with Gasteiger partial charge in [0.2, 0.25) is 5.91 Å². The minimum absolute atomic E-state index is 0.00242. The highest BCUT2D eigenvalue weighted by Crippen LogP contribution is 2.02. The lowest BCUT2D eigenvalue weighted by Crippen LogP contribution is -2.45. The Hall–Kier alpha value is -1.91. The minimum Gasteiger partial charge on any atom is -0.449 e. The molecular weight excluding hydrogens is 276 g/mol. The summed E-state index contributed by atoms with van der Waals surface area (Å²) in [5.74, 6) is -1.10. The lowest BCUT2D eigenvalue weighted by Gasteiger charge is -2.21. The summed E-state index contributed by atoms with van der Waals surface area (Å²) < 4.78 is 9.86. The van der Waals surface area contributed by atoms with Gasteiger partial charge in [0.1, 0.15) is 6.07 Å². The SMILES string of the molecule is C=CCCC(=O)NC(COCC(C)(C)O)C(=O)OCC#N. The Morgan fingerprint density at radius 3 is 2.71 bits per heavy atom. The number of ether oxygens (including phenoxy) is 2. The van der Waals surface area contributed by atoms with Crippen molar-refractivity contribution in [1.29, 1.82) is 5.26 Å². The van der Waals surface area contributed by atoms with E-state index in [0.29, 0.717) is 6.42 Å². The first-order valence-electron chi connectivity index (χ1n) is 6.54. The van der Waals surface area contributed by atoms with E-state index in [1.54, 1.807) is 26.0 Å². The fraction of sp³-hybridized carbons (Fsp3) is 0.643. The highest BCUT2D eigenvalue weighted by atomic mass is 16.5. The molecule has 1 atom stereocenters. The fourth-order valence-electron chi connectivity index (χ4n) is 1.30. The van der Waals surface area contributed by atoms with E-state index in [9.17, 15) is 14.7 Å². The smallest absolute Gasteiger partial charge is 0.332 e. The first kappa shape index (κ1) is 19.1. The molecule has 0 aliphatic heterocycles. The van der Waals surface area contributed by atoms with Gasteiger partial charge in [0, 0.05) is 6.42 Å². The Morgan fingerprint density at radius 2 is 2.19 bits per heavy atom. The van der Waals surface area contributed by atoms with E-state index in [-0.39, 0.29) is 25.5 Å². The average Bonchev–Trinajstić information content (AvgIpc) is 2.40. The van der Waals surface area contributed by atoms with Crippen LogP contribution in [0.1, 0.15) is 26.7 Å². The lowest BCUT2D eigenvalue weighted by atomic mass is 10.2. The normalized spacial score (nSPS) is 12.1. The molecule has 0 spiro atoms. The molecule has 118 valence electrons. The summed E-state index contributed by atoms with van der Waals surface area (Å²) in [5.41, 5.74) is -1.05. The first-order valence-corrected chi connectivity index (χ1v) is 6.54. The van der Waals surface area contributed by atoms with E-state index in [0.717, 1.165) is 0 Å². The molecule has 2 N–H and O–H groups in total. The van der Waals surface area contributed by atoms with Crippen LogP contribution in [0.5, 0.6) is 0 Å². The van der Waals surface area contributed by atoms with Gasteiger partial charge in [-0.15, -0.1) is 6.58 Å². The summed E-state index contributed by atoms with van der Waals surface area (Å²) in [7, 11) is 0. The zero-order valence-electron chi connectivity index (χ0n) is 12.4. The molecule has 0 radical (unpaired) electrons. The Bertz CT molecular complexity index is 395. The highest BCUT2D eigenvalue weighted by molar-refractivity contribution is 5.84. The Balaban J connectivity index is 4.46. The van der Waals surface area contributed by atoms with E-state index < -0.39 is 24.2 Å². The summed E-state index contributed by atoms with van der Waals surface area (Å²) in [6.07, 6.45) is 2.26. The number of carbonyl (C=O) groups is 2. The third kappa shape index (κ3) is 10.5. The molecule has 0 aromatic rings. The number of carbonyl (C=O) groups excluding carboxylic acids is 2. The molecule has 0 bridgehead atoms. The Labute approximate surface area is 124 Å². The topological polar surface area (TPSA) is 109 Å². The summed E-state index contributed by atoms with van der Waals surface area (Å²) in [4.78, 5) is 23.3. The van der Waals surface area contributed by atoms with Crippen LogP contribution in [-0.4, -0.2) is 48.4 Å². The standard InChI is InChI=1S/C14H22N2O5/c1-4-5-6-12(17)16-11(13(18)21-8-7-15)9-20-10-14(2,3)19/h4,11,19H,1,5-6,8-10H2,2-3H3,(H,16,17). The average molecular weight is 298 g/mol. The van der Waals surface area contributed by atoms with E-state index in [1.165, 1.54) is 0 Å². The van der Waals surface area contributed by atoms with Crippen LogP contribution in [0, 0.1) is 11.3 Å². The number of hydrogen-bond donors (Lipinski definition) is 2. The number of nitrogens with zero attached hydrogens (tertiary/aromatic N) is 1. The molecule has 0 fully saturated rings. The van der Waals surface area contributed by atoms with Crippen molar-refractivity contribution in [2.45, 2.75) is 38.3 Å². The molecular formula is C14H22N2O5. The molecule has 21 heavy (non-hydrogen) atoms. The van der Waals surface area contributed by atoms with Crippen molar-refractivity contribution in [2.24, 2.45) is 0 Å².